The van der Waals surface area contributed by atoms with Crippen molar-refractivity contribution in [1.29, 1.82) is 0 Å². The van der Waals surface area contributed by atoms with Crippen LogP contribution in [0, 0.1) is 0 Å². The average molecular weight is 222 g/mol. The van der Waals surface area contributed by atoms with Crippen LogP contribution in [-0.4, -0.2) is 22.7 Å². The van der Waals surface area contributed by atoms with Gasteiger partial charge in [-0.1, -0.05) is 11.7 Å². The first-order chi connectivity index (χ1) is 7.72. The molecule has 0 saturated carbocycles. The zero-order valence-electron chi connectivity index (χ0n) is 8.97. The van der Waals surface area contributed by atoms with E-state index in [0.29, 0.717) is 12.2 Å². The molecule has 0 aliphatic carbocycles. The zero-order valence-corrected chi connectivity index (χ0v) is 8.97. The molecule has 0 bridgehead atoms. The highest BCUT2D eigenvalue weighted by Gasteiger charge is 2.08. The number of nitrogens with zero attached hydrogens (tertiary/aromatic N) is 1. The van der Waals surface area contributed by atoms with Crippen molar-refractivity contribution < 1.29 is 15.2 Å². The first-order valence-electron chi connectivity index (χ1n) is 4.77. The molecule has 0 aliphatic rings. The summed E-state index contributed by atoms with van der Waals surface area (Å²) in [4.78, 5) is 0. The van der Waals surface area contributed by atoms with E-state index in [-0.39, 0.29) is 11.4 Å². The van der Waals surface area contributed by atoms with Crippen LogP contribution in [-0.2, 0) is 0 Å². The lowest BCUT2D eigenvalue weighted by Gasteiger charge is -2.07. The molecule has 86 valence electrons. The zero-order chi connectivity index (χ0) is 12.0. The fourth-order valence-corrected chi connectivity index (χ4v) is 1.22. The molecule has 0 spiro atoms. The Balaban J connectivity index is 2.91. The molecule has 5 nitrogen and oxygen atoms in total. The Kier molecular flexibility index (Phi) is 4.35. The highest BCUT2D eigenvalue weighted by atomic mass is 16.5. The average Bonchev–Trinajstić information content (AvgIpc) is 2.32. The molecule has 0 heterocycles. The summed E-state index contributed by atoms with van der Waals surface area (Å²) in [6, 6.07) is 6.91. The predicted octanol–water partition coefficient (Wildman–Crippen LogP) is 1.76. The van der Waals surface area contributed by atoms with E-state index in [4.69, 9.17) is 15.2 Å². The van der Waals surface area contributed by atoms with E-state index in [2.05, 4.69) is 11.7 Å². The molecule has 5 heteroatoms. The van der Waals surface area contributed by atoms with Crippen molar-refractivity contribution in [2.75, 3.05) is 6.61 Å². The number of hydroxylamine groups is 1. The van der Waals surface area contributed by atoms with Crippen LogP contribution < -0.4 is 10.2 Å². The van der Waals surface area contributed by atoms with Crippen LogP contribution >= 0.6 is 0 Å². The van der Waals surface area contributed by atoms with Crippen molar-refractivity contribution >= 4 is 5.71 Å². The highest BCUT2D eigenvalue weighted by molar-refractivity contribution is 6.11. The predicted molar refractivity (Wildman–Crippen MR) is 60.0 cm³/mol. The van der Waals surface area contributed by atoms with Crippen LogP contribution in [0.15, 0.2) is 41.7 Å². The van der Waals surface area contributed by atoms with Gasteiger partial charge in [-0.3, -0.25) is 10.7 Å². The summed E-state index contributed by atoms with van der Waals surface area (Å²) in [6.07, 6.45) is 0. The summed E-state index contributed by atoms with van der Waals surface area (Å²) in [5, 5.41) is 20.5. The van der Waals surface area contributed by atoms with Gasteiger partial charge < -0.3 is 9.94 Å². The molecule has 0 amide bonds. The third-order valence-electron chi connectivity index (χ3n) is 1.96. The maximum Gasteiger partial charge on any atom is 0.134 e. The molecular formula is C11H14N2O3. The molecule has 16 heavy (non-hydrogen) atoms. The van der Waals surface area contributed by atoms with Gasteiger partial charge in [-0.05, 0) is 31.2 Å². The second-order valence-electron chi connectivity index (χ2n) is 3.00. The number of oxime groups is 1. The largest absolute Gasteiger partial charge is 0.494 e. The van der Waals surface area contributed by atoms with Gasteiger partial charge in [0.1, 0.15) is 11.5 Å². The lowest BCUT2D eigenvalue weighted by atomic mass is 10.1. The fourth-order valence-electron chi connectivity index (χ4n) is 1.22. The third kappa shape index (κ3) is 2.74. The molecule has 0 atom stereocenters. The number of hydrogen-bond acceptors (Lipinski definition) is 5. The molecule has 0 aliphatic heterocycles. The van der Waals surface area contributed by atoms with E-state index < -0.39 is 0 Å². The van der Waals surface area contributed by atoms with Crippen molar-refractivity contribution in [2.45, 2.75) is 6.92 Å². The Morgan fingerprint density at radius 2 is 2.06 bits per heavy atom. The number of nitrogens with one attached hydrogen (secondary N) is 1. The van der Waals surface area contributed by atoms with E-state index in [1.807, 2.05) is 12.4 Å². The summed E-state index contributed by atoms with van der Waals surface area (Å²) in [5.41, 5.74) is 2.75. The van der Waals surface area contributed by atoms with Gasteiger partial charge in [0.2, 0.25) is 0 Å². The number of allylic oxidation sites excluding steroid dienone is 1. The maximum atomic E-state index is 8.80. The standard InChI is InChI=1S/C11H14N2O3/c1-3-16-10-6-4-9(5-7-10)11(13-15)8(2)12-14/h4-7,12,14-15H,2-3H2,1H3/b13-11-. The van der Waals surface area contributed by atoms with Crippen LogP contribution in [0.5, 0.6) is 5.75 Å². The quantitative estimate of drug-likeness (QED) is 0.403. The Hall–Kier alpha value is -2.01. The van der Waals surface area contributed by atoms with Crippen LogP contribution in [0.3, 0.4) is 0 Å². The van der Waals surface area contributed by atoms with Crippen molar-refractivity contribution in [1.82, 2.24) is 5.48 Å². The van der Waals surface area contributed by atoms with E-state index in [9.17, 15) is 0 Å². The number of hydrogen-bond donors (Lipinski definition) is 3. The molecule has 0 fully saturated rings. The lowest BCUT2D eigenvalue weighted by Crippen LogP contribution is -2.16. The minimum atomic E-state index is 0.117. The number of rotatable bonds is 5. The normalized spacial score (nSPS) is 11.0. The smallest absolute Gasteiger partial charge is 0.134 e. The molecule has 3 N–H and O–H groups in total. The molecular weight excluding hydrogens is 208 g/mol. The van der Waals surface area contributed by atoms with Gasteiger partial charge in [-0.15, -0.1) is 0 Å². The summed E-state index contributed by atoms with van der Waals surface area (Å²) in [5.74, 6) is 0.728. The van der Waals surface area contributed by atoms with Crippen LogP contribution in [0.1, 0.15) is 12.5 Å². The minimum absolute atomic E-state index is 0.117. The van der Waals surface area contributed by atoms with Crippen LogP contribution in [0.2, 0.25) is 0 Å². The third-order valence-corrected chi connectivity index (χ3v) is 1.96. The number of ether oxygens (including phenoxy) is 1. The fraction of sp³-hybridized carbons (Fsp3) is 0.182. The second-order valence-corrected chi connectivity index (χ2v) is 3.00. The summed E-state index contributed by atoms with van der Waals surface area (Å²) < 4.78 is 5.27. The van der Waals surface area contributed by atoms with Crippen molar-refractivity contribution in [3.8, 4) is 5.75 Å². The monoisotopic (exact) mass is 222 g/mol. The Labute approximate surface area is 93.6 Å². The summed E-state index contributed by atoms with van der Waals surface area (Å²) in [7, 11) is 0. The van der Waals surface area contributed by atoms with E-state index >= 15 is 0 Å². The highest BCUT2D eigenvalue weighted by Crippen LogP contribution is 2.14. The van der Waals surface area contributed by atoms with E-state index in [0.717, 1.165) is 5.75 Å². The summed E-state index contributed by atoms with van der Waals surface area (Å²) in [6.45, 7) is 5.98. The molecule has 0 aromatic heterocycles. The van der Waals surface area contributed by atoms with E-state index in [1.54, 1.807) is 24.3 Å². The first kappa shape index (κ1) is 12.1. The van der Waals surface area contributed by atoms with Gasteiger partial charge in [0.05, 0.1) is 12.3 Å². The number of benzene rings is 1. The van der Waals surface area contributed by atoms with Crippen molar-refractivity contribution in [3.63, 3.8) is 0 Å². The maximum absolute atomic E-state index is 8.80. The van der Waals surface area contributed by atoms with Gasteiger partial charge in [-0.2, -0.15) is 0 Å². The molecule has 0 saturated heterocycles. The molecule has 1 aromatic rings. The van der Waals surface area contributed by atoms with Crippen LogP contribution in [0.25, 0.3) is 0 Å². The Morgan fingerprint density at radius 3 is 2.50 bits per heavy atom. The van der Waals surface area contributed by atoms with E-state index in [1.165, 1.54) is 0 Å². The minimum Gasteiger partial charge on any atom is -0.494 e. The first-order valence-corrected chi connectivity index (χ1v) is 4.77. The lowest BCUT2D eigenvalue weighted by molar-refractivity contribution is 0.207. The summed E-state index contributed by atoms with van der Waals surface area (Å²) >= 11 is 0. The van der Waals surface area contributed by atoms with Gasteiger partial charge >= 0.3 is 0 Å². The van der Waals surface area contributed by atoms with Crippen LogP contribution in [0.4, 0.5) is 0 Å². The van der Waals surface area contributed by atoms with Gasteiger partial charge in [0.25, 0.3) is 0 Å². The second kappa shape index (κ2) is 5.77. The topological polar surface area (TPSA) is 74.1 Å². The van der Waals surface area contributed by atoms with Gasteiger partial charge in [0, 0.05) is 5.56 Å². The molecule has 0 radical (unpaired) electrons. The van der Waals surface area contributed by atoms with Crippen molar-refractivity contribution in [2.24, 2.45) is 5.16 Å². The van der Waals surface area contributed by atoms with Crippen molar-refractivity contribution in [3.05, 3.63) is 42.1 Å². The SMILES string of the molecule is C=C(NO)/C(=N/O)c1ccc(OCC)cc1. The molecule has 0 unspecified atom stereocenters. The van der Waals surface area contributed by atoms with Gasteiger partial charge in [0.15, 0.2) is 0 Å². The van der Waals surface area contributed by atoms with Gasteiger partial charge in [-0.25, -0.2) is 0 Å². The molecule has 1 aromatic carbocycles. The molecule has 1 rings (SSSR count). The Morgan fingerprint density at radius 1 is 1.44 bits per heavy atom. The Bertz CT molecular complexity index is 385.